The van der Waals surface area contributed by atoms with Crippen LogP contribution in [0.1, 0.15) is 19.2 Å². The van der Waals surface area contributed by atoms with Crippen molar-refractivity contribution in [2.45, 2.75) is 26.4 Å². The van der Waals surface area contributed by atoms with Crippen LogP contribution in [0.3, 0.4) is 0 Å². The first-order chi connectivity index (χ1) is 9.17. The Bertz CT molecular complexity index is 576. The van der Waals surface area contributed by atoms with Gasteiger partial charge in [-0.1, -0.05) is 6.92 Å². The molecule has 7 nitrogen and oxygen atoms in total. The molecule has 1 aromatic carbocycles. The Morgan fingerprint density at radius 3 is 2.53 bits per heavy atom. The molecule has 0 spiro atoms. The molecule has 2 aromatic rings. The van der Waals surface area contributed by atoms with Crippen LogP contribution in [0.5, 0.6) is 0 Å². The summed E-state index contributed by atoms with van der Waals surface area (Å²) in [5.41, 5.74) is 6.48. The maximum Gasteiger partial charge on any atom is 0.269 e. The van der Waals surface area contributed by atoms with Gasteiger partial charge in [0.1, 0.15) is 5.82 Å². The van der Waals surface area contributed by atoms with Gasteiger partial charge in [-0.05, 0) is 18.6 Å². The summed E-state index contributed by atoms with van der Waals surface area (Å²) < 4.78 is 1.95. The monoisotopic (exact) mass is 261 g/mol. The first-order valence-corrected chi connectivity index (χ1v) is 6.04. The highest BCUT2D eigenvalue weighted by Gasteiger charge is 2.13. The van der Waals surface area contributed by atoms with Crippen molar-refractivity contribution in [3.63, 3.8) is 0 Å². The average molecular weight is 261 g/mol. The summed E-state index contributed by atoms with van der Waals surface area (Å²) in [6.45, 7) is 3.14. The molecule has 19 heavy (non-hydrogen) atoms. The lowest BCUT2D eigenvalue weighted by Crippen LogP contribution is -2.09. The zero-order valence-electron chi connectivity index (χ0n) is 10.6. The number of nitrogens with zero attached hydrogens (tertiary/aromatic N) is 4. The van der Waals surface area contributed by atoms with Gasteiger partial charge < -0.3 is 10.3 Å². The fourth-order valence-electron chi connectivity index (χ4n) is 1.89. The van der Waals surface area contributed by atoms with Crippen molar-refractivity contribution in [1.82, 2.24) is 14.8 Å². The third kappa shape index (κ3) is 2.60. The van der Waals surface area contributed by atoms with Gasteiger partial charge in [-0.25, -0.2) is 0 Å². The molecule has 0 saturated heterocycles. The largest absolute Gasteiger partial charge is 0.324 e. The van der Waals surface area contributed by atoms with Crippen LogP contribution in [-0.4, -0.2) is 19.7 Å². The molecule has 1 heterocycles. The molecular formula is C12H15N5O2. The Morgan fingerprint density at radius 2 is 2.00 bits per heavy atom. The van der Waals surface area contributed by atoms with Gasteiger partial charge in [0, 0.05) is 24.2 Å². The van der Waals surface area contributed by atoms with E-state index in [0.717, 1.165) is 24.4 Å². The Balaban J connectivity index is 2.40. The van der Waals surface area contributed by atoms with Gasteiger partial charge in [0.2, 0.25) is 0 Å². The Kier molecular flexibility index (Phi) is 3.86. The van der Waals surface area contributed by atoms with E-state index in [4.69, 9.17) is 5.73 Å². The number of benzene rings is 1. The smallest absolute Gasteiger partial charge is 0.269 e. The Hall–Kier alpha value is -2.28. The summed E-state index contributed by atoms with van der Waals surface area (Å²) in [7, 11) is 0. The Morgan fingerprint density at radius 1 is 1.32 bits per heavy atom. The highest BCUT2D eigenvalue weighted by atomic mass is 16.6. The van der Waals surface area contributed by atoms with E-state index in [1.54, 1.807) is 12.1 Å². The number of non-ortho nitro benzene ring substituents is 1. The van der Waals surface area contributed by atoms with Crippen molar-refractivity contribution in [3.8, 4) is 11.4 Å². The van der Waals surface area contributed by atoms with Gasteiger partial charge >= 0.3 is 0 Å². The second-order valence-electron chi connectivity index (χ2n) is 4.10. The number of nitro groups is 1. The molecule has 0 bridgehead atoms. The standard InChI is InChI=1S/C12H15N5O2/c1-2-7-16-11(8-13)14-15-12(16)9-3-5-10(6-4-9)17(18)19/h3-6H,2,7-8,13H2,1H3. The van der Waals surface area contributed by atoms with Crippen molar-refractivity contribution < 1.29 is 4.92 Å². The molecule has 0 aliphatic rings. The van der Waals surface area contributed by atoms with E-state index >= 15 is 0 Å². The van der Waals surface area contributed by atoms with Crippen molar-refractivity contribution >= 4 is 5.69 Å². The molecule has 0 radical (unpaired) electrons. The van der Waals surface area contributed by atoms with Crippen LogP contribution in [0.4, 0.5) is 5.69 Å². The number of rotatable bonds is 5. The predicted octanol–water partition coefficient (Wildman–Crippen LogP) is 1.72. The van der Waals surface area contributed by atoms with E-state index in [-0.39, 0.29) is 5.69 Å². The predicted molar refractivity (Wildman–Crippen MR) is 70.3 cm³/mol. The summed E-state index contributed by atoms with van der Waals surface area (Å²) in [6.07, 6.45) is 0.936. The highest BCUT2D eigenvalue weighted by molar-refractivity contribution is 5.57. The van der Waals surface area contributed by atoms with Gasteiger partial charge in [-0.2, -0.15) is 0 Å². The molecule has 0 atom stereocenters. The molecule has 0 amide bonds. The van der Waals surface area contributed by atoms with Crippen LogP contribution in [0.2, 0.25) is 0 Å². The fourth-order valence-corrected chi connectivity index (χ4v) is 1.89. The zero-order valence-corrected chi connectivity index (χ0v) is 10.6. The van der Waals surface area contributed by atoms with Crippen LogP contribution in [0, 0.1) is 10.1 Å². The lowest BCUT2D eigenvalue weighted by Gasteiger charge is -2.07. The molecular weight excluding hydrogens is 246 g/mol. The first-order valence-electron chi connectivity index (χ1n) is 6.04. The summed E-state index contributed by atoms with van der Waals surface area (Å²) in [5.74, 6) is 1.41. The molecule has 0 unspecified atom stereocenters. The third-order valence-corrected chi connectivity index (χ3v) is 2.79. The maximum absolute atomic E-state index is 10.6. The van der Waals surface area contributed by atoms with E-state index in [9.17, 15) is 10.1 Å². The number of hydrogen-bond donors (Lipinski definition) is 1. The highest BCUT2D eigenvalue weighted by Crippen LogP contribution is 2.21. The summed E-state index contributed by atoms with van der Waals surface area (Å²) in [4.78, 5) is 10.2. The van der Waals surface area contributed by atoms with Crippen LogP contribution < -0.4 is 5.73 Å². The summed E-state index contributed by atoms with van der Waals surface area (Å²) >= 11 is 0. The number of aromatic nitrogens is 3. The molecule has 7 heteroatoms. The van der Waals surface area contributed by atoms with Crippen molar-refractivity contribution in [2.24, 2.45) is 5.73 Å². The first kappa shape index (κ1) is 13.2. The molecule has 1 aromatic heterocycles. The summed E-state index contributed by atoms with van der Waals surface area (Å²) in [6, 6.07) is 6.27. The minimum atomic E-state index is -0.425. The average Bonchev–Trinajstić information content (AvgIpc) is 2.82. The topological polar surface area (TPSA) is 99.9 Å². The lowest BCUT2D eigenvalue weighted by atomic mass is 10.2. The molecule has 0 aliphatic carbocycles. The Labute approximate surface area is 110 Å². The number of nitro benzene ring substituents is 1. The summed E-state index contributed by atoms with van der Waals surface area (Å²) in [5, 5.41) is 18.8. The van der Waals surface area contributed by atoms with E-state index in [2.05, 4.69) is 17.1 Å². The van der Waals surface area contributed by atoms with Crippen LogP contribution in [0.15, 0.2) is 24.3 Å². The normalized spacial score (nSPS) is 10.6. The van der Waals surface area contributed by atoms with Crippen LogP contribution in [-0.2, 0) is 13.1 Å². The third-order valence-electron chi connectivity index (χ3n) is 2.79. The van der Waals surface area contributed by atoms with Gasteiger partial charge in [0.05, 0.1) is 11.5 Å². The van der Waals surface area contributed by atoms with Crippen LogP contribution in [0.25, 0.3) is 11.4 Å². The zero-order chi connectivity index (χ0) is 13.8. The van der Waals surface area contributed by atoms with E-state index in [1.165, 1.54) is 12.1 Å². The van der Waals surface area contributed by atoms with Crippen molar-refractivity contribution in [1.29, 1.82) is 0 Å². The molecule has 0 saturated carbocycles. The minimum absolute atomic E-state index is 0.0596. The van der Waals surface area contributed by atoms with E-state index in [0.29, 0.717) is 12.4 Å². The van der Waals surface area contributed by atoms with Gasteiger partial charge in [-0.3, -0.25) is 10.1 Å². The lowest BCUT2D eigenvalue weighted by molar-refractivity contribution is -0.384. The van der Waals surface area contributed by atoms with Gasteiger partial charge in [-0.15, -0.1) is 10.2 Å². The van der Waals surface area contributed by atoms with Gasteiger partial charge in [0.25, 0.3) is 5.69 Å². The second-order valence-corrected chi connectivity index (χ2v) is 4.10. The molecule has 100 valence electrons. The number of nitrogens with two attached hydrogens (primary N) is 1. The second kappa shape index (κ2) is 5.57. The molecule has 2 N–H and O–H groups in total. The molecule has 0 aliphatic heterocycles. The maximum atomic E-state index is 10.6. The van der Waals surface area contributed by atoms with E-state index < -0.39 is 4.92 Å². The van der Waals surface area contributed by atoms with E-state index in [1.807, 2.05) is 4.57 Å². The molecule has 2 rings (SSSR count). The quantitative estimate of drug-likeness (QED) is 0.652. The van der Waals surface area contributed by atoms with Crippen LogP contribution >= 0.6 is 0 Å². The molecule has 0 fully saturated rings. The van der Waals surface area contributed by atoms with Crippen molar-refractivity contribution in [3.05, 3.63) is 40.2 Å². The fraction of sp³-hybridized carbons (Fsp3) is 0.333. The number of hydrogen-bond acceptors (Lipinski definition) is 5. The minimum Gasteiger partial charge on any atom is -0.324 e. The SMILES string of the molecule is CCCn1c(CN)nnc1-c1ccc([N+](=O)[O-])cc1. The van der Waals surface area contributed by atoms with Gasteiger partial charge in [0.15, 0.2) is 5.82 Å². The van der Waals surface area contributed by atoms with Crippen molar-refractivity contribution in [2.75, 3.05) is 0 Å².